The molecule has 1 saturated heterocycles. The number of nitrogens with two attached hydrogens (primary N) is 1. The van der Waals surface area contributed by atoms with Crippen molar-refractivity contribution in [2.24, 2.45) is 0 Å². The second-order valence-corrected chi connectivity index (χ2v) is 6.83. The molecule has 1 spiro atoms. The predicted molar refractivity (Wildman–Crippen MR) is 94.7 cm³/mol. The van der Waals surface area contributed by atoms with E-state index in [1.54, 1.807) is 6.20 Å². The van der Waals surface area contributed by atoms with Gasteiger partial charge in [-0.15, -0.1) is 0 Å². The number of likely N-dealkylation sites (tertiary alicyclic amines) is 1. The number of carbonyl (C=O) groups excluding carboxylic acids is 1. The van der Waals surface area contributed by atoms with Crippen molar-refractivity contribution in [1.82, 2.24) is 9.88 Å². The number of benzene rings is 1. The Hall–Kier alpha value is -2.40. The molecule has 0 bridgehead atoms. The van der Waals surface area contributed by atoms with Gasteiger partial charge in [0.25, 0.3) is 0 Å². The van der Waals surface area contributed by atoms with Gasteiger partial charge in [0.15, 0.2) is 0 Å². The monoisotopic (exact) mass is 322 g/mol. The first-order chi connectivity index (χ1) is 11.6. The predicted octanol–water partition coefficient (Wildman–Crippen LogP) is 2.17. The van der Waals surface area contributed by atoms with Gasteiger partial charge in [0.1, 0.15) is 5.82 Å². The van der Waals surface area contributed by atoms with E-state index < -0.39 is 5.41 Å². The number of piperidine rings is 1. The Kier molecular flexibility index (Phi) is 3.53. The molecule has 1 fully saturated rings. The van der Waals surface area contributed by atoms with Crippen molar-refractivity contribution >= 4 is 17.4 Å². The van der Waals surface area contributed by atoms with E-state index in [-0.39, 0.29) is 5.91 Å². The third kappa shape index (κ3) is 2.19. The van der Waals surface area contributed by atoms with Crippen molar-refractivity contribution in [3.63, 3.8) is 0 Å². The number of carbonyl (C=O) groups is 1. The summed E-state index contributed by atoms with van der Waals surface area (Å²) in [5.74, 6) is 0.792. The lowest BCUT2D eigenvalue weighted by molar-refractivity contribution is -0.125. The van der Waals surface area contributed by atoms with Crippen LogP contribution in [0.2, 0.25) is 0 Å². The standard InChI is InChI=1S/C19H22N4O/c1-22-16-8-3-2-7-15(16)19(18(22)24)9-5-11-23(13-19)12-14-6-4-10-21-17(14)20/h2-4,6-8,10H,5,9,11-13H2,1H3,(H2,20,21). The molecule has 2 aliphatic heterocycles. The Labute approximate surface area is 142 Å². The van der Waals surface area contributed by atoms with Crippen molar-refractivity contribution in [3.05, 3.63) is 53.7 Å². The molecule has 5 nitrogen and oxygen atoms in total. The highest BCUT2D eigenvalue weighted by Gasteiger charge is 2.51. The summed E-state index contributed by atoms with van der Waals surface area (Å²) in [6.07, 6.45) is 3.63. The molecular weight excluding hydrogens is 300 g/mol. The van der Waals surface area contributed by atoms with E-state index in [1.165, 1.54) is 5.56 Å². The van der Waals surface area contributed by atoms with Gasteiger partial charge in [0, 0.05) is 37.6 Å². The summed E-state index contributed by atoms with van der Waals surface area (Å²) in [5, 5.41) is 0. The van der Waals surface area contributed by atoms with Crippen LogP contribution in [0.1, 0.15) is 24.0 Å². The molecule has 1 amide bonds. The summed E-state index contributed by atoms with van der Waals surface area (Å²) in [5.41, 5.74) is 8.82. The highest BCUT2D eigenvalue weighted by atomic mass is 16.2. The fraction of sp³-hybridized carbons (Fsp3) is 0.368. The minimum Gasteiger partial charge on any atom is -0.383 e. The Morgan fingerprint density at radius 1 is 1.25 bits per heavy atom. The third-order valence-electron chi connectivity index (χ3n) is 5.39. The van der Waals surface area contributed by atoms with Gasteiger partial charge in [0.05, 0.1) is 5.41 Å². The van der Waals surface area contributed by atoms with Crippen LogP contribution >= 0.6 is 0 Å². The van der Waals surface area contributed by atoms with E-state index in [0.29, 0.717) is 5.82 Å². The largest absolute Gasteiger partial charge is 0.383 e. The molecule has 2 aliphatic rings. The summed E-state index contributed by atoms with van der Waals surface area (Å²) in [4.78, 5) is 21.4. The summed E-state index contributed by atoms with van der Waals surface area (Å²) in [7, 11) is 1.88. The van der Waals surface area contributed by atoms with Crippen LogP contribution < -0.4 is 10.6 Å². The molecule has 3 heterocycles. The van der Waals surface area contributed by atoms with Crippen LogP contribution in [0.25, 0.3) is 0 Å². The van der Waals surface area contributed by atoms with Gasteiger partial charge in [0.2, 0.25) is 5.91 Å². The van der Waals surface area contributed by atoms with Crippen LogP contribution in [0, 0.1) is 0 Å². The van der Waals surface area contributed by atoms with Crippen molar-refractivity contribution in [3.8, 4) is 0 Å². The number of nitrogen functional groups attached to an aromatic ring is 1. The number of anilines is 2. The molecule has 24 heavy (non-hydrogen) atoms. The lowest BCUT2D eigenvalue weighted by Crippen LogP contribution is -2.51. The highest BCUT2D eigenvalue weighted by molar-refractivity contribution is 6.08. The molecule has 0 saturated carbocycles. The van der Waals surface area contributed by atoms with Gasteiger partial charge >= 0.3 is 0 Å². The number of likely N-dealkylation sites (N-methyl/N-ethyl adjacent to an activating group) is 1. The minimum absolute atomic E-state index is 0.215. The summed E-state index contributed by atoms with van der Waals surface area (Å²) >= 11 is 0. The Morgan fingerprint density at radius 3 is 2.92 bits per heavy atom. The van der Waals surface area contributed by atoms with Crippen LogP contribution in [0.4, 0.5) is 11.5 Å². The molecule has 4 rings (SSSR count). The molecule has 2 N–H and O–H groups in total. The maximum absolute atomic E-state index is 13.1. The Balaban J connectivity index is 1.65. The number of aromatic nitrogens is 1. The first kappa shape index (κ1) is 15.1. The van der Waals surface area contributed by atoms with Gasteiger partial charge in [-0.25, -0.2) is 4.98 Å². The maximum atomic E-state index is 13.1. The summed E-state index contributed by atoms with van der Waals surface area (Å²) in [6.45, 7) is 2.46. The topological polar surface area (TPSA) is 62.5 Å². The van der Waals surface area contributed by atoms with Crippen LogP contribution in [0.5, 0.6) is 0 Å². The van der Waals surface area contributed by atoms with Crippen molar-refractivity contribution in [2.75, 3.05) is 30.8 Å². The number of pyridine rings is 1. The van der Waals surface area contributed by atoms with E-state index in [0.717, 1.165) is 43.7 Å². The first-order valence-corrected chi connectivity index (χ1v) is 8.41. The van der Waals surface area contributed by atoms with Crippen LogP contribution in [0.15, 0.2) is 42.6 Å². The molecule has 1 unspecified atom stereocenters. The number of amides is 1. The number of hydrogen-bond donors (Lipinski definition) is 1. The van der Waals surface area contributed by atoms with Gasteiger partial charge in [-0.3, -0.25) is 9.69 Å². The quantitative estimate of drug-likeness (QED) is 0.920. The third-order valence-corrected chi connectivity index (χ3v) is 5.39. The van der Waals surface area contributed by atoms with Crippen LogP contribution in [-0.4, -0.2) is 35.9 Å². The van der Waals surface area contributed by atoms with Gasteiger partial charge in [-0.1, -0.05) is 24.3 Å². The second kappa shape index (κ2) is 5.60. The molecular formula is C19H22N4O. The lowest BCUT2D eigenvalue weighted by Gasteiger charge is -2.39. The Bertz CT molecular complexity index is 790. The zero-order valence-electron chi connectivity index (χ0n) is 13.9. The smallest absolute Gasteiger partial charge is 0.238 e. The van der Waals surface area contributed by atoms with Crippen molar-refractivity contribution in [2.45, 2.75) is 24.8 Å². The molecule has 0 aliphatic carbocycles. The number of nitrogens with zero attached hydrogens (tertiary/aromatic N) is 3. The van der Waals surface area contributed by atoms with E-state index in [2.05, 4.69) is 16.0 Å². The van der Waals surface area contributed by atoms with Gasteiger partial charge < -0.3 is 10.6 Å². The van der Waals surface area contributed by atoms with Gasteiger partial charge in [-0.05, 0) is 37.1 Å². The molecule has 5 heteroatoms. The van der Waals surface area contributed by atoms with Gasteiger partial charge in [-0.2, -0.15) is 0 Å². The summed E-state index contributed by atoms with van der Waals surface area (Å²) < 4.78 is 0. The molecule has 124 valence electrons. The van der Waals surface area contributed by atoms with Crippen molar-refractivity contribution < 1.29 is 4.79 Å². The van der Waals surface area contributed by atoms with Crippen LogP contribution in [-0.2, 0) is 16.8 Å². The fourth-order valence-corrected chi connectivity index (χ4v) is 4.22. The van der Waals surface area contributed by atoms with E-state index in [1.807, 2.05) is 42.3 Å². The average Bonchev–Trinajstić information content (AvgIpc) is 2.80. The zero-order valence-corrected chi connectivity index (χ0v) is 13.9. The number of para-hydroxylation sites is 1. The zero-order chi connectivity index (χ0) is 16.7. The Morgan fingerprint density at radius 2 is 2.08 bits per heavy atom. The lowest BCUT2D eigenvalue weighted by atomic mass is 9.75. The number of rotatable bonds is 2. The fourth-order valence-electron chi connectivity index (χ4n) is 4.22. The first-order valence-electron chi connectivity index (χ1n) is 8.41. The normalized spacial score (nSPS) is 23.7. The van der Waals surface area contributed by atoms with E-state index in [9.17, 15) is 4.79 Å². The number of hydrogen-bond acceptors (Lipinski definition) is 4. The molecule has 1 atom stereocenters. The van der Waals surface area contributed by atoms with E-state index in [4.69, 9.17) is 5.73 Å². The van der Waals surface area contributed by atoms with E-state index >= 15 is 0 Å². The summed E-state index contributed by atoms with van der Waals surface area (Å²) in [6, 6.07) is 12.1. The molecule has 1 aromatic carbocycles. The molecule has 1 aromatic heterocycles. The van der Waals surface area contributed by atoms with Crippen molar-refractivity contribution in [1.29, 1.82) is 0 Å². The maximum Gasteiger partial charge on any atom is 0.238 e. The second-order valence-electron chi connectivity index (χ2n) is 6.83. The molecule has 2 aromatic rings. The highest BCUT2D eigenvalue weighted by Crippen LogP contribution is 2.46. The SMILES string of the molecule is CN1C(=O)C2(CCCN(Cc3cccnc3N)C2)c2ccccc21. The molecule has 0 radical (unpaired) electrons. The number of fused-ring (bicyclic) bond motifs is 2. The average molecular weight is 322 g/mol. The minimum atomic E-state index is -0.416. The van der Waals surface area contributed by atoms with Crippen LogP contribution in [0.3, 0.4) is 0 Å².